The number of hydrogen-bond acceptors (Lipinski definition) is 5. The number of aromatic nitrogens is 4. The van der Waals surface area contributed by atoms with Gasteiger partial charge in [0, 0.05) is 31.2 Å². The van der Waals surface area contributed by atoms with E-state index in [2.05, 4.69) is 30.2 Å². The smallest absolute Gasteiger partial charge is 0.282 e. The van der Waals surface area contributed by atoms with Gasteiger partial charge in [-0.25, -0.2) is 9.97 Å². The summed E-state index contributed by atoms with van der Waals surface area (Å²) in [5.74, 6) is 1.16. The topological polar surface area (TPSA) is 74.0 Å². The Kier molecular flexibility index (Phi) is 6.31. The molecule has 0 amide bonds. The normalized spacial score (nSPS) is 12.4. The molecule has 3 aromatic heterocycles. The van der Waals surface area contributed by atoms with Crippen LogP contribution in [-0.2, 0) is 6.54 Å². The zero-order valence-corrected chi connectivity index (χ0v) is 19.7. The second kappa shape index (κ2) is 9.32. The average Bonchev–Trinajstić information content (AvgIpc) is 3.15. The summed E-state index contributed by atoms with van der Waals surface area (Å²) in [6.07, 6.45) is 9.31. The van der Waals surface area contributed by atoms with Crippen molar-refractivity contribution < 1.29 is 4.74 Å². The zero-order valence-electron chi connectivity index (χ0n) is 19.7. The molecule has 3 heterocycles. The van der Waals surface area contributed by atoms with Crippen molar-refractivity contribution in [2.24, 2.45) is 5.92 Å². The Bertz CT molecular complexity index is 1410. The van der Waals surface area contributed by atoms with Crippen molar-refractivity contribution >= 4 is 33.5 Å². The Morgan fingerprint density at radius 2 is 1.94 bits per heavy atom. The molecule has 0 saturated carbocycles. The highest BCUT2D eigenvalue weighted by Crippen LogP contribution is 2.31. The van der Waals surface area contributed by atoms with Crippen molar-refractivity contribution in [1.82, 2.24) is 19.1 Å². The molecular weight excluding hydrogens is 414 g/mol. The van der Waals surface area contributed by atoms with Crippen LogP contribution < -0.4 is 15.6 Å². The average molecular weight is 444 g/mol. The molecule has 0 fully saturated rings. The van der Waals surface area contributed by atoms with Crippen LogP contribution in [0.5, 0.6) is 5.75 Å². The van der Waals surface area contributed by atoms with Gasteiger partial charge in [-0.15, -0.1) is 0 Å². The van der Waals surface area contributed by atoms with E-state index >= 15 is 0 Å². The third kappa shape index (κ3) is 4.14. The maximum absolute atomic E-state index is 13.8. The minimum Gasteiger partial charge on any atom is -0.497 e. The molecule has 0 atom stereocenters. The van der Waals surface area contributed by atoms with Crippen molar-refractivity contribution in [2.75, 3.05) is 19.5 Å². The fourth-order valence-corrected chi connectivity index (χ4v) is 3.93. The second-order valence-electron chi connectivity index (χ2n) is 8.17. The summed E-state index contributed by atoms with van der Waals surface area (Å²) in [7, 11) is 3.50. The Balaban J connectivity index is 1.99. The molecule has 0 saturated heterocycles. The molecule has 4 aromatic rings. The predicted octanol–water partition coefficient (Wildman–Crippen LogP) is 4.92. The number of hydrogen-bond donors (Lipinski definition) is 1. The number of allylic oxidation sites excluding steroid dienone is 4. The summed E-state index contributed by atoms with van der Waals surface area (Å²) in [5, 5.41) is 4.05. The van der Waals surface area contributed by atoms with Crippen LogP contribution in [0.1, 0.15) is 26.3 Å². The van der Waals surface area contributed by atoms with Crippen molar-refractivity contribution in [3.05, 3.63) is 77.0 Å². The maximum Gasteiger partial charge on any atom is 0.282 e. The number of methoxy groups -OCH3 is 1. The van der Waals surface area contributed by atoms with Crippen molar-refractivity contribution in [3.8, 4) is 5.75 Å². The molecule has 170 valence electrons. The number of anilines is 1. The zero-order chi connectivity index (χ0) is 23.5. The van der Waals surface area contributed by atoms with Crippen LogP contribution in [0.15, 0.2) is 65.9 Å². The van der Waals surface area contributed by atoms with Crippen LogP contribution in [-0.4, -0.2) is 33.3 Å². The Morgan fingerprint density at radius 3 is 2.58 bits per heavy atom. The summed E-state index contributed by atoms with van der Waals surface area (Å²) in [6, 6.07) is 9.73. The van der Waals surface area contributed by atoms with E-state index in [1.54, 1.807) is 24.2 Å². The van der Waals surface area contributed by atoms with E-state index < -0.39 is 0 Å². The summed E-state index contributed by atoms with van der Waals surface area (Å²) in [4.78, 5) is 23.2. The molecule has 1 N–H and O–H groups in total. The number of pyridine rings is 1. The van der Waals surface area contributed by atoms with Crippen molar-refractivity contribution in [1.29, 1.82) is 0 Å². The minimum absolute atomic E-state index is 0.130. The summed E-state index contributed by atoms with van der Waals surface area (Å²) in [6.45, 7) is 6.61. The lowest BCUT2D eigenvalue weighted by Gasteiger charge is -2.10. The predicted molar refractivity (Wildman–Crippen MR) is 135 cm³/mol. The van der Waals surface area contributed by atoms with Gasteiger partial charge >= 0.3 is 0 Å². The van der Waals surface area contributed by atoms with Gasteiger partial charge in [0.05, 0.1) is 12.5 Å². The fourth-order valence-electron chi connectivity index (χ4n) is 3.93. The molecule has 0 aliphatic rings. The van der Waals surface area contributed by atoms with Gasteiger partial charge in [0.25, 0.3) is 5.56 Å². The van der Waals surface area contributed by atoms with Crippen molar-refractivity contribution in [3.63, 3.8) is 0 Å². The minimum atomic E-state index is -0.130. The molecule has 7 heteroatoms. The number of rotatable bonds is 7. The van der Waals surface area contributed by atoms with Crippen LogP contribution in [0.25, 0.3) is 27.8 Å². The van der Waals surface area contributed by atoms with E-state index in [0.29, 0.717) is 23.5 Å². The lowest BCUT2D eigenvalue weighted by Crippen LogP contribution is -2.21. The van der Waals surface area contributed by atoms with E-state index in [0.717, 1.165) is 33.7 Å². The molecule has 0 spiro atoms. The molecule has 0 unspecified atom stereocenters. The van der Waals surface area contributed by atoms with Gasteiger partial charge in [0.15, 0.2) is 0 Å². The van der Waals surface area contributed by atoms with Crippen molar-refractivity contribution in [2.45, 2.75) is 27.3 Å². The van der Waals surface area contributed by atoms with Crippen LogP contribution in [0.4, 0.5) is 5.69 Å². The molecule has 7 nitrogen and oxygen atoms in total. The highest BCUT2D eigenvalue weighted by atomic mass is 16.5. The highest BCUT2D eigenvalue weighted by Gasteiger charge is 2.20. The van der Waals surface area contributed by atoms with Crippen LogP contribution >= 0.6 is 0 Å². The summed E-state index contributed by atoms with van der Waals surface area (Å²) < 4.78 is 8.84. The van der Waals surface area contributed by atoms with Crippen LogP contribution in [0.3, 0.4) is 0 Å². The standard InChI is InChI=1S/C26H29N5O2/c1-6-19(10-7-17(2)3)31-16-29-23-22-21(27-4)13-14-28-25(22)30(24(23)26(31)32)15-18-8-11-20(33-5)12-9-18/h6-14,16-17H,15H2,1-5H3,(H,27,28)/b10-7-,19-6+. The molecule has 1 aromatic carbocycles. The fraction of sp³-hybridized carbons (Fsp3) is 0.269. The van der Waals surface area contributed by atoms with Gasteiger partial charge in [-0.3, -0.25) is 9.36 Å². The maximum atomic E-state index is 13.8. The largest absolute Gasteiger partial charge is 0.497 e. The Morgan fingerprint density at radius 1 is 1.18 bits per heavy atom. The first-order valence-electron chi connectivity index (χ1n) is 11.0. The molecule has 33 heavy (non-hydrogen) atoms. The monoisotopic (exact) mass is 443 g/mol. The molecule has 0 aliphatic heterocycles. The number of fused-ring (bicyclic) bond motifs is 3. The van der Waals surface area contributed by atoms with Gasteiger partial charge in [-0.05, 0) is 42.7 Å². The van der Waals surface area contributed by atoms with Crippen LogP contribution in [0, 0.1) is 5.92 Å². The third-order valence-electron chi connectivity index (χ3n) is 5.64. The Hall–Kier alpha value is -3.87. The molecular formula is C26H29N5O2. The van der Waals surface area contributed by atoms with Gasteiger partial charge in [-0.1, -0.05) is 38.1 Å². The van der Waals surface area contributed by atoms with E-state index in [1.165, 1.54) is 0 Å². The van der Waals surface area contributed by atoms with Gasteiger partial charge in [-0.2, -0.15) is 0 Å². The van der Waals surface area contributed by atoms with Crippen LogP contribution in [0.2, 0.25) is 0 Å². The summed E-state index contributed by atoms with van der Waals surface area (Å²) >= 11 is 0. The first-order valence-corrected chi connectivity index (χ1v) is 11.0. The van der Waals surface area contributed by atoms with E-state index in [4.69, 9.17) is 9.72 Å². The SMILES string of the molecule is C/C=C(\C=C/C(C)C)n1cnc2c3c(NC)ccnc3n(Cc3ccc(OC)cc3)c2c1=O. The molecule has 0 radical (unpaired) electrons. The Labute approximate surface area is 193 Å². The molecule has 0 aliphatic carbocycles. The number of ether oxygens (including phenoxy) is 1. The van der Waals surface area contributed by atoms with Gasteiger partial charge < -0.3 is 14.6 Å². The third-order valence-corrected chi connectivity index (χ3v) is 5.64. The van der Waals surface area contributed by atoms with Gasteiger partial charge in [0.2, 0.25) is 0 Å². The molecule has 4 rings (SSSR count). The first kappa shape index (κ1) is 22.3. The first-order chi connectivity index (χ1) is 16.0. The lowest BCUT2D eigenvalue weighted by molar-refractivity contribution is 0.414. The van der Waals surface area contributed by atoms with E-state index in [9.17, 15) is 4.79 Å². The lowest BCUT2D eigenvalue weighted by atomic mass is 10.2. The highest BCUT2D eigenvalue weighted by molar-refractivity contribution is 6.10. The molecule has 0 bridgehead atoms. The van der Waals surface area contributed by atoms with Gasteiger partial charge in [0.1, 0.15) is 28.8 Å². The van der Waals surface area contributed by atoms with E-state index in [-0.39, 0.29) is 5.56 Å². The number of nitrogens with zero attached hydrogens (tertiary/aromatic N) is 4. The van der Waals surface area contributed by atoms with E-state index in [1.807, 2.05) is 61.0 Å². The number of benzene rings is 1. The number of nitrogens with one attached hydrogen (secondary N) is 1. The quantitative estimate of drug-likeness (QED) is 0.411. The second-order valence-corrected chi connectivity index (χ2v) is 8.17. The summed E-state index contributed by atoms with van der Waals surface area (Å²) in [5.41, 5.74) is 4.45.